The average molecular weight is 428 g/mol. The van der Waals surface area contributed by atoms with Crippen molar-refractivity contribution in [2.24, 2.45) is 21.7 Å². The lowest BCUT2D eigenvalue weighted by molar-refractivity contribution is 0.0764. The van der Waals surface area contributed by atoms with Crippen LogP contribution in [0.25, 0.3) is 0 Å². The van der Waals surface area contributed by atoms with Gasteiger partial charge in [0.25, 0.3) is 0 Å². The molecule has 0 heterocycles. The van der Waals surface area contributed by atoms with Gasteiger partial charge in [-0.2, -0.15) is 10.2 Å². The molecule has 11 heteroatoms. The third-order valence-electron chi connectivity index (χ3n) is 3.57. The number of benzene rings is 2. The van der Waals surface area contributed by atoms with Crippen molar-refractivity contribution < 1.29 is 23.8 Å². The smallest absolute Gasteiger partial charge is 0.332 e. The summed E-state index contributed by atoms with van der Waals surface area (Å²) in [5.74, 6) is 1.19. The summed E-state index contributed by atoms with van der Waals surface area (Å²) in [5.41, 5.74) is 15.5. The van der Waals surface area contributed by atoms with Crippen molar-refractivity contribution in [3.63, 3.8) is 0 Å². The standard InChI is InChI=1S/C20H24N6O5/c21-19(27)25-23-13-15-5-1-3-7-17(15)30-11-9-29-10-12-31-18-8-4-2-6-16(18)14-24-26-20(22)28/h1-8,13-14H,9-12H2,(H3,21,25,27)(H3,22,26,28)/b23-13-,24-14-. The molecule has 0 aliphatic heterocycles. The normalized spacial score (nSPS) is 10.8. The second-order valence-corrected chi connectivity index (χ2v) is 5.85. The number of ether oxygens (including phenoxy) is 3. The van der Waals surface area contributed by atoms with Gasteiger partial charge >= 0.3 is 12.1 Å². The van der Waals surface area contributed by atoms with E-state index < -0.39 is 12.1 Å². The molecule has 164 valence electrons. The zero-order chi connectivity index (χ0) is 22.3. The summed E-state index contributed by atoms with van der Waals surface area (Å²) in [7, 11) is 0. The summed E-state index contributed by atoms with van der Waals surface area (Å²) < 4.78 is 16.9. The van der Waals surface area contributed by atoms with Crippen LogP contribution < -0.4 is 31.8 Å². The van der Waals surface area contributed by atoms with Gasteiger partial charge in [0.2, 0.25) is 0 Å². The van der Waals surface area contributed by atoms with E-state index in [4.69, 9.17) is 25.7 Å². The lowest BCUT2D eigenvalue weighted by Crippen LogP contribution is -2.24. The maximum atomic E-state index is 10.7. The zero-order valence-corrected chi connectivity index (χ0v) is 16.7. The van der Waals surface area contributed by atoms with Crippen molar-refractivity contribution >= 4 is 24.5 Å². The van der Waals surface area contributed by atoms with E-state index >= 15 is 0 Å². The largest absolute Gasteiger partial charge is 0.491 e. The molecule has 0 aliphatic carbocycles. The Bertz CT molecular complexity index is 845. The Morgan fingerprint density at radius 2 is 1.16 bits per heavy atom. The highest BCUT2D eigenvalue weighted by Crippen LogP contribution is 2.16. The molecule has 0 spiro atoms. The predicted octanol–water partition coefficient (Wildman–Crippen LogP) is 1.17. The van der Waals surface area contributed by atoms with Crippen LogP contribution in [0.3, 0.4) is 0 Å². The Kier molecular flexibility index (Phi) is 9.84. The predicted molar refractivity (Wildman–Crippen MR) is 115 cm³/mol. The van der Waals surface area contributed by atoms with Gasteiger partial charge < -0.3 is 25.7 Å². The third-order valence-corrected chi connectivity index (χ3v) is 3.57. The van der Waals surface area contributed by atoms with Crippen LogP contribution in [0.5, 0.6) is 11.5 Å². The van der Waals surface area contributed by atoms with Gasteiger partial charge in [0.15, 0.2) is 0 Å². The van der Waals surface area contributed by atoms with Crippen molar-refractivity contribution in [3.8, 4) is 11.5 Å². The topological polar surface area (TPSA) is 163 Å². The maximum absolute atomic E-state index is 10.7. The summed E-state index contributed by atoms with van der Waals surface area (Å²) in [5, 5.41) is 7.44. The van der Waals surface area contributed by atoms with E-state index in [-0.39, 0.29) is 0 Å². The van der Waals surface area contributed by atoms with E-state index in [1.54, 1.807) is 24.3 Å². The first-order valence-corrected chi connectivity index (χ1v) is 9.24. The molecule has 0 aliphatic rings. The Balaban J connectivity index is 1.70. The minimum Gasteiger partial charge on any atom is -0.491 e. The minimum absolute atomic E-state index is 0.316. The second kappa shape index (κ2) is 13.2. The molecule has 0 atom stereocenters. The summed E-state index contributed by atoms with van der Waals surface area (Å²) in [6, 6.07) is 12.9. The molecule has 0 saturated heterocycles. The minimum atomic E-state index is -0.748. The molecule has 0 fully saturated rings. The fraction of sp³-hybridized carbons (Fsp3) is 0.200. The number of nitrogens with one attached hydrogen (secondary N) is 2. The van der Waals surface area contributed by atoms with Gasteiger partial charge in [0, 0.05) is 11.1 Å². The summed E-state index contributed by atoms with van der Waals surface area (Å²) >= 11 is 0. The van der Waals surface area contributed by atoms with Gasteiger partial charge in [-0.3, -0.25) is 0 Å². The molecular weight excluding hydrogens is 404 g/mol. The fourth-order valence-corrected chi connectivity index (χ4v) is 2.29. The first kappa shape index (κ1) is 23.2. The van der Waals surface area contributed by atoms with Gasteiger partial charge in [-0.05, 0) is 24.3 Å². The molecule has 0 unspecified atom stereocenters. The van der Waals surface area contributed by atoms with Crippen molar-refractivity contribution in [1.29, 1.82) is 0 Å². The molecule has 2 aromatic rings. The Labute approximate surface area is 179 Å². The number of primary amides is 2. The Hall–Kier alpha value is -4.12. The zero-order valence-electron chi connectivity index (χ0n) is 16.7. The van der Waals surface area contributed by atoms with Gasteiger partial charge in [0.05, 0.1) is 25.6 Å². The number of hydrazone groups is 2. The first-order valence-electron chi connectivity index (χ1n) is 9.24. The van der Waals surface area contributed by atoms with Crippen molar-refractivity contribution in [2.75, 3.05) is 26.4 Å². The van der Waals surface area contributed by atoms with Gasteiger partial charge in [-0.25, -0.2) is 20.4 Å². The van der Waals surface area contributed by atoms with E-state index in [9.17, 15) is 9.59 Å². The van der Waals surface area contributed by atoms with E-state index in [0.717, 1.165) is 0 Å². The summed E-state index contributed by atoms with van der Waals surface area (Å²) in [6.45, 7) is 1.33. The van der Waals surface area contributed by atoms with Crippen molar-refractivity contribution in [2.45, 2.75) is 0 Å². The van der Waals surface area contributed by atoms with E-state index in [1.807, 2.05) is 24.3 Å². The van der Waals surface area contributed by atoms with Crippen LogP contribution in [-0.4, -0.2) is 50.9 Å². The van der Waals surface area contributed by atoms with E-state index in [1.165, 1.54) is 12.4 Å². The Morgan fingerprint density at radius 3 is 1.58 bits per heavy atom. The van der Waals surface area contributed by atoms with Gasteiger partial charge in [0.1, 0.15) is 24.7 Å². The molecule has 2 rings (SSSR count). The van der Waals surface area contributed by atoms with Gasteiger partial charge in [-0.15, -0.1) is 0 Å². The molecule has 0 bridgehead atoms. The number of para-hydroxylation sites is 2. The molecule has 2 aromatic carbocycles. The van der Waals surface area contributed by atoms with Crippen LogP contribution in [0.1, 0.15) is 11.1 Å². The molecule has 0 aromatic heterocycles. The number of hydrogen-bond acceptors (Lipinski definition) is 7. The molecule has 11 nitrogen and oxygen atoms in total. The van der Waals surface area contributed by atoms with Crippen LogP contribution in [0.4, 0.5) is 9.59 Å². The van der Waals surface area contributed by atoms with Crippen LogP contribution in [0.2, 0.25) is 0 Å². The lowest BCUT2D eigenvalue weighted by Gasteiger charge is -2.11. The van der Waals surface area contributed by atoms with Crippen LogP contribution in [-0.2, 0) is 4.74 Å². The van der Waals surface area contributed by atoms with E-state index in [0.29, 0.717) is 49.1 Å². The van der Waals surface area contributed by atoms with Crippen molar-refractivity contribution in [3.05, 3.63) is 59.7 Å². The van der Waals surface area contributed by atoms with Gasteiger partial charge in [-0.1, -0.05) is 24.3 Å². The molecule has 31 heavy (non-hydrogen) atoms. The highest BCUT2D eigenvalue weighted by atomic mass is 16.5. The quantitative estimate of drug-likeness (QED) is 0.226. The maximum Gasteiger partial charge on any atom is 0.332 e. The molecule has 4 amide bonds. The van der Waals surface area contributed by atoms with E-state index in [2.05, 4.69) is 21.1 Å². The number of carbonyl (C=O) groups is 2. The lowest BCUT2D eigenvalue weighted by atomic mass is 10.2. The van der Waals surface area contributed by atoms with Crippen LogP contribution in [0.15, 0.2) is 58.7 Å². The number of amides is 4. The third kappa shape index (κ3) is 9.28. The molecule has 0 radical (unpaired) electrons. The monoisotopic (exact) mass is 428 g/mol. The number of carbonyl (C=O) groups excluding carboxylic acids is 2. The van der Waals surface area contributed by atoms with Crippen LogP contribution in [0, 0.1) is 0 Å². The highest BCUT2D eigenvalue weighted by molar-refractivity contribution is 5.85. The second-order valence-electron chi connectivity index (χ2n) is 5.85. The van der Waals surface area contributed by atoms with Crippen LogP contribution >= 0.6 is 0 Å². The number of nitrogens with two attached hydrogens (primary N) is 2. The SMILES string of the molecule is NC(=O)N/N=C\c1ccccc1OCCOCCOc1ccccc1/C=N\NC(N)=O. The van der Waals surface area contributed by atoms with Crippen molar-refractivity contribution in [1.82, 2.24) is 10.9 Å². The Morgan fingerprint density at radius 1 is 0.742 bits per heavy atom. The molecule has 6 N–H and O–H groups in total. The fourth-order valence-electron chi connectivity index (χ4n) is 2.29. The number of hydrogen-bond donors (Lipinski definition) is 4. The number of urea groups is 2. The average Bonchev–Trinajstić information content (AvgIpc) is 2.74. The summed E-state index contributed by atoms with van der Waals surface area (Å²) in [4.78, 5) is 21.3. The first-order chi connectivity index (χ1) is 15.1. The highest BCUT2D eigenvalue weighted by Gasteiger charge is 2.02. The molecule has 0 saturated carbocycles. The number of nitrogens with zero attached hydrogens (tertiary/aromatic N) is 2. The summed E-state index contributed by atoms with van der Waals surface area (Å²) in [6.07, 6.45) is 2.88. The number of rotatable bonds is 12. The molecular formula is C20H24N6O5.